The summed E-state index contributed by atoms with van der Waals surface area (Å²) >= 11 is 0. The highest BCUT2D eigenvalue weighted by Crippen LogP contribution is 2.46. The van der Waals surface area contributed by atoms with E-state index in [1.165, 1.54) is 13.2 Å². The Morgan fingerprint density at radius 1 is 1.35 bits per heavy atom. The molecular weight excluding hydrogens is 299 g/mol. The zero-order chi connectivity index (χ0) is 17.4. The van der Waals surface area contributed by atoms with Gasteiger partial charge in [0.25, 0.3) is 5.91 Å². The molecule has 1 aromatic carbocycles. The predicted octanol–water partition coefficient (Wildman–Crippen LogP) is 2.49. The van der Waals surface area contributed by atoms with Gasteiger partial charge in [0.15, 0.2) is 5.54 Å². The summed E-state index contributed by atoms with van der Waals surface area (Å²) in [6.07, 6.45) is 1.60. The van der Waals surface area contributed by atoms with Crippen molar-refractivity contribution in [3.63, 3.8) is 0 Å². The second kappa shape index (κ2) is 5.92. The number of benzene rings is 1. The number of amides is 1. The monoisotopic (exact) mass is 323 g/mol. The van der Waals surface area contributed by atoms with Crippen molar-refractivity contribution >= 4 is 17.6 Å². The summed E-state index contributed by atoms with van der Waals surface area (Å²) in [6.45, 7) is 4.51. The third-order valence-corrected chi connectivity index (χ3v) is 5.04. The average Bonchev–Trinajstić information content (AvgIpc) is 3.30. The average molecular weight is 323 g/mol. The molecule has 0 spiro atoms. The molecule has 1 aliphatic rings. The number of hydrogen-bond donors (Lipinski definition) is 1. The molecule has 0 bridgehead atoms. The second-order valence-corrected chi connectivity index (χ2v) is 6.62. The molecule has 1 aromatic rings. The highest BCUT2D eigenvalue weighted by molar-refractivity contribution is 6.05. The van der Waals surface area contributed by atoms with Crippen LogP contribution < -0.4 is 5.32 Å². The quantitative estimate of drug-likeness (QED) is 0.669. The van der Waals surface area contributed by atoms with E-state index in [0.29, 0.717) is 15.7 Å². The van der Waals surface area contributed by atoms with Crippen LogP contribution in [0.4, 0.5) is 10.1 Å². The maximum atomic E-state index is 13.6. The van der Waals surface area contributed by atoms with E-state index >= 15 is 0 Å². The molecule has 1 aliphatic carbocycles. The van der Waals surface area contributed by atoms with Crippen LogP contribution in [0.1, 0.15) is 35.7 Å². The first kappa shape index (κ1) is 17.4. The van der Waals surface area contributed by atoms with E-state index < -0.39 is 17.3 Å². The third kappa shape index (κ3) is 2.95. The zero-order valence-electron chi connectivity index (χ0n) is 14.3. The lowest BCUT2D eigenvalue weighted by atomic mass is 10.1. The Hall–Kier alpha value is -1.95. The van der Waals surface area contributed by atoms with Crippen molar-refractivity contribution in [2.45, 2.75) is 32.2 Å². The standard InChI is InChI=1S/C17H23FN2O3/c1-6-20(3,4)17(7-8-17)16(22)19-14-11(2)9-12(18)10-13(14)15(21)23-5/h9-10H,6-8H2,1-5H3/p+1. The van der Waals surface area contributed by atoms with E-state index in [0.717, 1.165) is 25.5 Å². The number of ether oxygens (including phenoxy) is 1. The number of nitrogens with one attached hydrogen (secondary N) is 1. The lowest BCUT2D eigenvalue weighted by Crippen LogP contribution is -2.56. The first-order chi connectivity index (χ1) is 10.7. The van der Waals surface area contributed by atoms with Gasteiger partial charge in [0.1, 0.15) is 5.82 Å². The largest absolute Gasteiger partial charge is 0.465 e. The molecule has 1 fully saturated rings. The van der Waals surface area contributed by atoms with Crippen molar-refractivity contribution in [2.75, 3.05) is 33.1 Å². The van der Waals surface area contributed by atoms with Gasteiger partial charge >= 0.3 is 5.97 Å². The van der Waals surface area contributed by atoms with E-state index in [1.807, 2.05) is 21.0 Å². The van der Waals surface area contributed by atoms with Gasteiger partial charge in [0.2, 0.25) is 0 Å². The number of methoxy groups -OCH3 is 1. The van der Waals surface area contributed by atoms with Crippen LogP contribution in [0.2, 0.25) is 0 Å². The number of hydrogen-bond acceptors (Lipinski definition) is 3. The van der Waals surface area contributed by atoms with E-state index in [1.54, 1.807) is 6.92 Å². The lowest BCUT2D eigenvalue weighted by molar-refractivity contribution is -0.914. The minimum absolute atomic E-state index is 0.0379. The second-order valence-electron chi connectivity index (χ2n) is 6.62. The topological polar surface area (TPSA) is 55.4 Å². The molecule has 2 rings (SSSR count). The molecule has 0 aliphatic heterocycles. The molecule has 5 nitrogen and oxygen atoms in total. The molecular formula is C17H24FN2O3+. The first-order valence-electron chi connectivity index (χ1n) is 7.71. The Kier molecular flexibility index (Phi) is 4.48. The number of quaternary nitrogens is 1. The number of aryl methyl sites for hydroxylation is 1. The van der Waals surface area contributed by atoms with Crippen LogP contribution in [0.5, 0.6) is 0 Å². The minimum Gasteiger partial charge on any atom is -0.465 e. The van der Waals surface area contributed by atoms with Gasteiger partial charge in [-0.05, 0) is 31.5 Å². The van der Waals surface area contributed by atoms with E-state index in [-0.39, 0.29) is 11.5 Å². The predicted molar refractivity (Wildman–Crippen MR) is 85.7 cm³/mol. The van der Waals surface area contributed by atoms with Crippen molar-refractivity contribution in [2.24, 2.45) is 0 Å². The van der Waals surface area contributed by atoms with Crippen molar-refractivity contribution in [1.29, 1.82) is 0 Å². The van der Waals surface area contributed by atoms with Gasteiger partial charge in [-0.2, -0.15) is 0 Å². The van der Waals surface area contributed by atoms with Crippen LogP contribution in [-0.2, 0) is 9.53 Å². The van der Waals surface area contributed by atoms with Crippen LogP contribution in [0.15, 0.2) is 12.1 Å². The maximum Gasteiger partial charge on any atom is 0.340 e. The molecule has 1 saturated carbocycles. The molecule has 0 saturated heterocycles. The van der Waals surface area contributed by atoms with E-state index in [9.17, 15) is 14.0 Å². The van der Waals surface area contributed by atoms with Crippen molar-refractivity contribution in [1.82, 2.24) is 0 Å². The SMILES string of the molecule is CC[N+](C)(C)C1(C(=O)Nc2c(C)cc(F)cc2C(=O)OC)CC1. The molecule has 1 N–H and O–H groups in total. The Morgan fingerprint density at radius 3 is 2.43 bits per heavy atom. The van der Waals surface area contributed by atoms with Crippen molar-refractivity contribution in [3.8, 4) is 0 Å². The molecule has 0 aromatic heterocycles. The summed E-state index contributed by atoms with van der Waals surface area (Å²) < 4.78 is 18.9. The summed E-state index contributed by atoms with van der Waals surface area (Å²) in [7, 11) is 5.27. The van der Waals surface area contributed by atoms with E-state index in [4.69, 9.17) is 4.74 Å². The normalized spacial score (nSPS) is 15.9. The highest BCUT2D eigenvalue weighted by atomic mass is 19.1. The van der Waals surface area contributed by atoms with Crippen LogP contribution >= 0.6 is 0 Å². The Bertz CT molecular complexity index is 651. The van der Waals surface area contributed by atoms with Gasteiger partial charge < -0.3 is 14.5 Å². The van der Waals surface area contributed by atoms with Crippen LogP contribution in [0.25, 0.3) is 0 Å². The molecule has 0 radical (unpaired) electrons. The summed E-state index contributed by atoms with van der Waals surface area (Å²) in [5.74, 6) is -1.34. The first-order valence-corrected chi connectivity index (χ1v) is 7.71. The highest BCUT2D eigenvalue weighted by Gasteiger charge is 2.62. The summed E-state index contributed by atoms with van der Waals surface area (Å²) in [6, 6.07) is 2.38. The fraction of sp³-hybridized carbons (Fsp3) is 0.529. The fourth-order valence-electron chi connectivity index (χ4n) is 2.94. The number of anilines is 1. The molecule has 23 heavy (non-hydrogen) atoms. The number of nitrogens with zero attached hydrogens (tertiary/aromatic N) is 1. The number of carbonyl (C=O) groups is 2. The van der Waals surface area contributed by atoms with Gasteiger partial charge in [-0.25, -0.2) is 9.18 Å². The van der Waals surface area contributed by atoms with Crippen molar-refractivity contribution in [3.05, 3.63) is 29.1 Å². The molecule has 0 heterocycles. The Morgan fingerprint density at radius 2 is 1.96 bits per heavy atom. The van der Waals surface area contributed by atoms with Gasteiger partial charge in [-0.1, -0.05) is 0 Å². The van der Waals surface area contributed by atoms with E-state index in [2.05, 4.69) is 5.32 Å². The third-order valence-electron chi connectivity index (χ3n) is 5.04. The summed E-state index contributed by atoms with van der Waals surface area (Å²) in [5.41, 5.74) is 0.376. The number of carbonyl (C=O) groups excluding carboxylic acids is 2. The molecule has 0 atom stereocenters. The van der Waals surface area contributed by atoms with Gasteiger partial charge in [0.05, 0.1) is 39.0 Å². The maximum absolute atomic E-state index is 13.6. The minimum atomic E-state index is -0.669. The molecule has 1 amide bonds. The number of halogens is 1. The van der Waals surface area contributed by atoms with Gasteiger partial charge in [0, 0.05) is 12.8 Å². The smallest absolute Gasteiger partial charge is 0.340 e. The van der Waals surface area contributed by atoms with Crippen LogP contribution in [-0.4, -0.2) is 49.6 Å². The van der Waals surface area contributed by atoms with Gasteiger partial charge in [-0.3, -0.25) is 4.79 Å². The van der Waals surface area contributed by atoms with Crippen LogP contribution in [0.3, 0.4) is 0 Å². The number of likely N-dealkylation sites (N-methyl/N-ethyl adjacent to an activating group) is 1. The Labute approximate surface area is 136 Å². The lowest BCUT2D eigenvalue weighted by Gasteiger charge is -2.36. The summed E-state index contributed by atoms with van der Waals surface area (Å²) in [4.78, 5) is 24.7. The van der Waals surface area contributed by atoms with Gasteiger partial charge in [-0.15, -0.1) is 0 Å². The van der Waals surface area contributed by atoms with Crippen LogP contribution in [0, 0.1) is 12.7 Å². The fourth-order valence-corrected chi connectivity index (χ4v) is 2.94. The summed E-state index contributed by atoms with van der Waals surface area (Å²) in [5, 5.41) is 2.84. The number of esters is 1. The number of rotatable bonds is 5. The molecule has 126 valence electrons. The zero-order valence-corrected chi connectivity index (χ0v) is 14.3. The molecule has 0 unspecified atom stereocenters. The molecule has 6 heteroatoms. The van der Waals surface area contributed by atoms with Crippen molar-refractivity contribution < 1.29 is 23.2 Å². The Balaban J connectivity index is 2.37.